The Morgan fingerprint density at radius 2 is 1.97 bits per heavy atom. The Morgan fingerprint density at radius 1 is 1.17 bits per heavy atom. The maximum atomic E-state index is 12.8. The molecule has 2 aliphatic rings. The molecule has 0 saturated carbocycles. The molecule has 1 aromatic heterocycles. The van der Waals surface area contributed by atoms with E-state index < -0.39 is 5.91 Å². The molecule has 0 saturated heterocycles. The highest BCUT2D eigenvalue weighted by molar-refractivity contribution is 8.27. The van der Waals surface area contributed by atoms with E-state index in [0.717, 1.165) is 32.8 Å². The van der Waals surface area contributed by atoms with Gasteiger partial charge in [0.1, 0.15) is 17.4 Å². The molecule has 8 heteroatoms. The predicted octanol–water partition coefficient (Wildman–Crippen LogP) is 5.61. The summed E-state index contributed by atoms with van der Waals surface area (Å²) in [6.45, 7) is 9.35. The molecule has 0 bridgehead atoms. The topological polar surface area (TPSA) is 83.0 Å². The van der Waals surface area contributed by atoms with Crippen molar-refractivity contribution in [2.45, 2.75) is 34.2 Å². The fourth-order valence-corrected chi connectivity index (χ4v) is 5.08. The number of nitrogens with zero attached hydrogens (tertiary/aromatic N) is 4. The van der Waals surface area contributed by atoms with Crippen molar-refractivity contribution >= 4 is 50.7 Å². The lowest BCUT2D eigenvalue weighted by Crippen LogP contribution is -2.35. The lowest BCUT2D eigenvalue weighted by atomic mass is 10.1. The molecule has 35 heavy (non-hydrogen) atoms. The first-order valence-corrected chi connectivity index (χ1v) is 12.4. The number of nitrogens with one attached hydrogen (secondary N) is 1. The summed E-state index contributed by atoms with van der Waals surface area (Å²) in [7, 11) is 0. The maximum Gasteiger partial charge on any atom is 0.283 e. The number of fused-ring (bicyclic) bond motifs is 2. The van der Waals surface area contributed by atoms with Crippen LogP contribution in [0.2, 0.25) is 0 Å². The van der Waals surface area contributed by atoms with Gasteiger partial charge >= 0.3 is 0 Å². The van der Waals surface area contributed by atoms with Crippen LogP contribution in [0.25, 0.3) is 17.0 Å². The number of ether oxygens (including phenoxy) is 1. The molecule has 0 spiro atoms. The number of benzene rings is 2. The van der Waals surface area contributed by atoms with Crippen LogP contribution in [0.3, 0.4) is 0 Å². The Hall–Kier alpha value is -3.65. The van der Waals surface area contributed by atoms with E-state index in [4.69, 9.17) is 10.1 Å². The third kappa shape index (κ3) is 4.41. The molecule has 2 aliphatic heterocycles. The van der Waals surface area contributed by atoms with Crippen LogP contribution in [0, 0.1) is 25.2 Å². The first kappa shape index (κ1) is 23.1. The van der Waals surface area contributed by atoms with Gasteiger partial charge in [-0.25, -0.2) is 0 Å². The molecule has 0 atom stereocenters. The van der Waals surface area contributed by atoms with E-state index in [9.17, 15) is 4.79 Å². The number of thioether (sulfide) groups is 1. The van der Waals surface area contributed by atoms with Crippen molar-refractivity contribution in [2.75, 3.05) is 6.61 Å². The predicted molar refractivity (Wildman–Crippen MR) is 143 cm³/mol. The molecule has 1 N–H and O–H groups in total. The number of amidine groups is 2. The Bertz CT molecular complexity index is 1450. The highest BCUT2D eigenvalue weighted by atomic mass is 32.2. The number of para-hydroxylation sites is 1. The standard InChI is InChI=1S/C27H27N5O2S/c1-16(2)26-30-32-24(28)21(25(33)29-27(32)35-26)14-19-15-31(22-8-6-5-7-20(19)22)11-12-34-23-10-9-17(3)13-18(23)4/h5-10,13-16,28H,11-12H2,1-4H3. The van der Waals surface area contributed by atoms with Crippen LogP contribution in [0.1, 0.15) is 30.5 Å². The van der Waals surface area contributed by atoms with Gasteiger partial charge in [0.2, 0.25) is 5.17 Å². The lowest BCUT2D eigenvalue weighted by Gasteiger charge is -2.20. The van der Waals surface area contributed by atoms with Gasteiger partial charge in [0, 0.05) is 28.6 Å². The first-order valence-electron chi connectivity index (χ1n) is 11.6. The highest BCUT2D eigenvalue weighted by Crippen LogP contribution is 2.32. The minimum Gasteiger partial charge on any atom is -0.491 e. The molecule has 1 amide bonds. The van der Waals surface area contributed by atoms with Gasteiger partial charge in [-0.1, -0.05) is 49.7 Å². The summed E-state index contributed by atoms with van der Waals surface area (Å²) in [4.78, 5) is 17.0. The van der Waals surface area contributed by atoms with Gasteiger partial charge in [0.15, 0.2) is 5.84 Å². The van der Waals surface area contributed by atoms with Crippen molar-refractivity contribution in [3.8, 4) is 5.75 Å². The van der Waals surface area contributed by atoms with Crippen LogP contribution in [0.5, 0.6) is 5.75 Å². The summed E-state index contributed by atoms with van der Waals surface area (Å²) in [6.07, 6.45) is 3.76. The number of hydrogen-bond acceptors (Lipinski definition) is 5. The molecule has 5 rings (SSSR count). The number of carbonyl (C=O) groups is 1. The maximum absolute atomic E-state index is 12.8. The number of aliphatic imine (C=N–C) groups is 1. The van der Waals surface area contributed by atoms with E-state index in [-0.39, 0.29) is 17.3 Å². The van der Waals surface area contributed by atoms with Gasteiger partial charge in [0.25, 0.3) is 5.91 Å². The van der Waals surface area contributed by atoms with Gasteiger partial charge < -0.3 is 9.30 Å². The molecular formula is C27H27N5O2S. The number of aryl methyl sites for hydroxylation is 2. The third-order valence-electron chi connectivity index (χ3n) is 6.00. The fraction of sp³-hybridized carbons (Fsp3) is 0.259. The van der Waals surface area contributed by atoms with Crippen LogP contribution < -0.4 is 4.74 Å². The van der Waals surface area contributed by atoms with E-state index in [1.165, 1.54) is 22.3 Å². The van der Waals surface area contributed by atoms with Crippen molar-refractivity contribution in [3.05, 3.63) is 70.9 Å². The number of hydrazone groups is 1. The van der Waals surface area contributed by atoms with Gasteiger partial charge in [-0.05, 0) is 49.4 Å². The van der Waals surface area contributed by atoms with Crippen LogP contribution in [0.15, 0.2) is 64.3 Å². The van der Waals surface area contributed by atoms with Gasteiger partial charge in [-0.15, -0.1) is 0 Å². The summed E-state index contributed by atoms with van der Waals surface area (Å²) in [5.41, 5.74) is 4.46. The van der Waals surface area contributed by atoms with E-state index in [2.05, 4.69) is 46.7 Å². The summed E-state index contributed by atoms with van der Waals surface area (Å²) >= 11 is 1.35. The monoisotopic (exact) mass is 485 g/mol. The highest BCUT2D eigenvalue weighted by Gasteiger charge is 2.36. The quantitative estimate of drug-likeness (QED) is 0.460. The third-order valence-corrected chi connectivity index (χ3v) is 7.21. The van der Waals surface area contributed by atoms with Crippen molar-refractivity contribution in [3.63, 3.8) is 0 Å². The number of hydrogen-bond donors (Lipinski definition) is 1. The summed E-state index contributed by atoms with van der Waals surface area (Å²) in [5.74, 6) is 0.726. The zero-order valence-corrected chi connectivity index (χ0v) is 21.0. The number of aromatic nitrogens is 1. The van der Waals surface area contributed by atoms with Crippen molar-refractivity contribution < 1.29 is 9.53 Å². The summed E-state index contributed by atoms with van der Waals surface area (Å²) in [6, 6.07) is 14.2. The van der Waals surface area contributed by atoms with E-state index in [1.54, 1.807) is 6.08 Å². The average Bonchev–Trinajstić information content (AvgIpc) is 3.40. The van der Waals surface area contributed by atoms with E-state index in [1.807, 2.05) is 44.3 Å². The van der Waals surface area contributed by atoms with Crippen LogP contribution >= 0.6 is 11.8 Å². The second kappa shape index (κ2) is 9.19. The SMILES string of the molecule is Cc1ccc(OCCn2cc(C=C3C(=N)N4N=C(C(C)C)SC4=NC3=O)c3ccccc32)c(C)c1. The summed E-state index contributed by atoms with van der Waals surface area (Å²) < 4.78 is 8.17. The minimum absolute atomic E-state index is 0.0539. The molecule has 0 fully saturated rings. The summed E-state index contributed by atoms with van der Waals surface area (Å²) in [5, 5.41) is 16.9. The average molecular weight is 486 g/mol. The molecule has 178 valence electrons. The molecule has 7 nitrogen and oxygen atoms in total. The molecule has 3 heterocycles. The van der Waals surface area contributed by atoms with Crippen LogP contribution in [-0.2, 0) is 11.3 Å². The van der Waals surface area contributed by atoms with Crippen molar-refractivity contribution in [2.24, 2.45) is 16.0 Å². The van der Waals surface area contributed by atoms with Crippen molar-refractivity contribution in [1.82, 2.24) is 9.58 Å². The Labute approximate surface area is 208 Å². The van der Waals surface area contributed by atoms with Gasteiger partial charge in [0.05, 0.1) is 12.1 Å². The largest absolute Gasteiger partial charge is 0.491 e. The Kier molecular flexibility index (Phi) is 6.06. The number of rotatable bonds is 6. The van der Waals surface area contributed by atoms with E-state index >= 15 is 0 Å². The minimum atomic E-state index is -0.413. The zero-order chi connectivity index (χ0) is 24.7. The Balaban J connectivity index is 1.42. The fourth-order valence-electron chi connectivity index (χ4n) is 4.19. The molecule has 3 aromatic rings. The lowest BCUT2D eigenvalue weighted by molar-refractivity contribution is -0.114. The van der Waals surface area contributed by atoms with Crippen LogP contribution in [0.4, 0.5) is 0 Å². The normalized spacial score (nSPS) is 16.8. The Morgan fingerprint density at radius 3 is 2.74 bits per heavy atom. The molecule has 0 unspecified atom stereocenters. The molecular weight excluding hydrogens is 458 g/mol. The number of carbonyl (C=O) groups excluding carboxylic acids is 1. The first-order chi connectivity index (χ1) is 16.8. The molecule has 2 aromatic carbocycles. The smallest absolute Gasteiger partial charge is 0.283 e. The van der Waals surface area contributed by atoms with Crippen LogP contribution in [-0.4, -0.2) is 38.1 Å². The van der Waals surface area contributed by atoms with Crippen molar-refractivity contribution in [1.29, 1.82) is 5.41 Å². The zero-order valence-electron chi connectivity index (χ0n) is 20.2. The number of amides is 1. The van der Waals surface area contributed by atoms with E-state index in [0.29, 0.717) is 18.3 Å². The molecule has 0 radical (unpaired) electrons. The molecule has 0 aliphatic carbocycles. The second-order valence-corrected chi connectivity index (χ2v) is 10.0. The second-order valence-electron chi connectivity index (χ2n) is 9.03. The van der Waals surface area contributed by atoms with Gasteiger partial charge in [-0.2, -0.15) is 15.1 Å². The van der Waals surface area contributed by atoms with Gasteiger partial charge in [-0.3, -0.25) is 10.2 Å².